The first-order valence-corrected chi connectivity index (χ1v) is 11.3. The molecule has 2 fully saturated rings. The van der Waals surface area contributed by atoms with Crippen LogP contribution in [0.25, 0.3) is 0 Å². The zero-order valence-corrected chi connectivity index (χ0v) is 18.0. The van der Waals surface area contributed by atoms with E-state index in [1.165, 1.54) is 23.4 Å². The van der Waals surface area contributed by atoms with Crippen molar-refractivity contribution in [2.24, 2.45) is 16.9 Å². The van der Waals surface area contributed by atoms with Crippen molar-refractivity contribution in [2.45, 2.75) is 44.4 Å². The molecule has 7 nitrogen and oxygen atoms in total. The van der Waals surface area contributed by atoms with Gasteiger partial charge in [0.1, 0.15) is 5.01 Å². The Balaban J connectivity index is 1.34. The monoisotopic (exact) mass is 430 g/mol. The lowest BCUT2D eigenvalue weighted by atomic mass is 9.82. The predicted molar refractivity (Wildman–Crippen MR) is 121 cm³/mol. The van der Waals surface area contributed by atoms with E-state index in [0.717, 1.165) is 49.3 Å². The van der Waals surface area contributed by atoms with E-state index >= 15 is 0 Å². The molecule has 2 aromatic rings. The lowest BCUT2D eigenvalue weighted by molar-refractivity contribution is -0.115. The number of nitrogens with one attached hydrogen (secondary N) is 1. The Labute approximate surface area is 180 Å². The van der Waals surface area contributed by atoms with Crippen LogP contribution < -0.4 is 16.1 Å². The van der Waals surface area contributed by atoms with Gasteiger partial charge in [0.2, 0.25) is 11.0 Å². The summed E-state index contributed by atoms with van der Waals surface area (Å²) >= 11 is 5.85. The van der Waals surface area contributed by atoms with Gasteiger partial charge < -0.3 is 16.1 Å². The van der Waals surface area contributed by atoms with Crippen molar-refractivity contribution in [3.8, 4) is 0 Å². The fourth-order valence-corrected chi connectivity index (χ4v) is 5.13. The Morgan fingerprint density at radius 1 is 1.31 bits per heavy atom. The predicted octanol–water partition coefficient (Wildman–Crippen LogP) is 3.41. The van der Waals surface area contributed by atoms with Crippen molar-refractivity contribution in [1.82, 2.24) is 10.2 Å². The number of carbonyl (C=O) groups is 1. The first kappa shape index (κ1) is 20.2. The average Bonchev–Trinajstić information content (AvgIpc) is 3.14. The number of rotatable bonds is 6. The fraction of sp³-hybridized carbons (Fsp3) is 0.500. The number of carbonyl (C=O) groups excluding carboxylic acids is 1. The molecule has 2 atom stereocenters. The molecule has 0 bridgehead atoms. The topological polar surface area (TPSA) is 96.5 Å². The second kappa shape index (κ2) is 9.13. The molecule has 1 aliphatic carbocycles. The Hall–Kier alpha value is -2.13. The van der Waals surface area contributed by atoms with Gasteiger partial charge in [0.15, 0.2) is 0 Å². The first-order chi connectivity index (χ1) is 14.1. The van der Waals surface area contributed by atoms with Crippen LogP contribution in [0.15, 0.2) is 29.4 Å². The van der Waals surface area contributed by atoms with Gasteiger partial charge >= 0.3 is 0 Å². The summed E-state index contributed by atoms with van der Waals surface area (Å²) in [6.07, 6.45) is 5.69. The van der Waals surface area contributed by atoms with E-state index in [1.54, 1.807) is 0 Å². The van der Waals surface area contributed by atoms with Gasteiger partial charge in [-0.1, -0.05) is 29.9 Å². The summed E-state index contributed by atoms with van der Waals surface area (Å²) in [4.78, 5) is 14.8. The summed E-state index contributed by atoms with van der Waals surface area (Å²) in [5, 5.41) is 17.4. The van der Waals surface area contributed by atoms with E-state index in [0.29, 0.717) is 22.5 Å². The summed E-state index contributed by atoms with van der Waals surface area (Å²) in [5.41, 5.74) is 2.20. The molecule has 1 aliphatic heterocycles. The number of anilines is 2. The van der Waals surface area contributed by atoms with Crippen molar-refractivity contribution in [1.29, 1.82) is 0 Å². The third kappa shape index (κ3) is 4.90. The van der Waals surface area contributed by atoms with Crippen molar-refractivity contribution in [3.63, 3.8) is 0 Å². The highest BCUT2D eigenvalue weighted by Gasteiger charge is 2.28. The minimum Gasteiger partial charge on any atom is -0.371 e. The summed E-state index contributed by atoms with van der Waals surface area (Å²) in [5.74, 6) is 5.91. The summed E-state index contributed by atoms with van der Waals surface area (Å²) < 4.78 is 0. The van der Waals surface area contributed by atoms with Gasteiger partial charge in [-0.15, -0.1) is 22.8 Å². The zero-order valence-electron chi connectivity index (χ0n) is 16.3. The second-order valence-electron chi connectivity index (χ2n) is 7.73. The molecule has 0 unspecified atom stereocenters. The molecule has 9 heteroatoms. The van der Waals surface area contributed by atoms with Gasteiger partial charge in [0, 0.05) is 30.6 Å². The van der Waals surface area contributed by atoms with E-state index in [-0.39, 0.29) is 11.8 Å². The number of amides is 1. The van der Waals surface area contributed by atoms with E-state index in [2.05, 4.69) is 50.3 Å². The highest BCUT2D eigenvalue weighted by atomic mass is 32.1. The van der Waals surface area contributed by atoms with Crippen LogP contribution >= 0.6 is 24.0 Å². The molecular formula is C20H26N6OS2. The number of thiol groups is 1. The summed E-state index contributed by atoms with van der Waals surface area (Å²) in [7, 11) is 0. The van der Waals surface area contributed by atoms with Gasteiger partial charge in [0.25, 0.3) is 0 Å². The van der Waals surface area contributed by atoms with E-state index < -0.39 is 0 Å². The Bertz CT molecular complexity index is 895. The number of hydrazone groups is 1. The van der Waals surface area contributed by atoms with Crippen LogP contribution in [0, 0.1) is 5.92 Å². The lowest BCUT2D eigenvalue weighted by Gasteiger charge is -2.33. The Morgan fingerprint density at radius 3 is 2.93 bits per heavy atom. The number of aromatic nitrogens is 2. The van der Waals surface area contributed by atoms with Gasteiger partial charge in [-0.05, 0) is 43.4 Å². The van der Waals surface area contributed by atoms with Crippen LogP contribution in [-0.2, 0) is 11.2 Å². The molecule has 2 aliphatic rings. The number of benzene rings is 1. The smallest absolute Gasteiger partial charge is 0.230 e. The zero-order chi connectivity index (χ0) is 20.2. The molecular weight excluding hydrogens is 404 g/mol. The minimum atomic E-state index is -0.0668. The third-order valence-corrected chi connectivity index (χ3v) is 7.19. The number of nitrogens with zero attached hydrogens (tertiary/aromatic N) is 4. The van der Waals surface area contributed by atoms with Gasteiger partial charge in [-0.25, -0.2) is 0 Å². The van der Waals surface area contributed by atoms with Crippen molar-refractivity contribution < 1.29 is 4.79 Å². The fourth-order valence-electron chi connectivity index (χ4n) is 3.99. The SMILES string of the molecule is N/N=C(\S)[C@H]1CCC[C@H](c2nnc(NC(=O)Cc3cccc(N4CCC4)c3)s2)C1. The van der Waals surface area contributed by atoms with Crippen LogP contribution in [0.5, 0.6) is 0 Å². The molecule has 1 saturated carbocycles. The molecule has 0 radical (unpaired) electrons. The largest absolute Gasteiger partial charge is 0.371 e. The van der Waals surface area contributed by atoms with Crippen molar-refractivity contribution >= 4 is 45.7 Å². The normalized spacial score (nSPS) is 22.2. The number of nitrogens with two attached hydrogens (primary N) is 1. The van der Waals surface area contributed by atoms with Crippen LogP contribution in [0.2, 0.25) is 0 Å². The molecule has 1 aromatic carbocycles. The molecule has 154 valence electrons. The minimum absolute atomic E-state index is 0.0668. The van der Waals surface area contributed by atoms with Gasteiger partial charge in [-0.3, -0.25) is 4.79 Å². The maximum Gasteiger partial charge on any atom is 0.230 e. The second-order valence-corrected chi connectivity index (χ2v) is 9.20. The molecule has 29 heavy (non-hydrogen) atoms. The maximum absolute atomic E-state index is 12.5. The molecule has 1 amide bonds. The molecule has 1 saturated heterocycles. The highest BCUT2D eigenvalue weighted by molar-refractivity contribution is 7.97. The standard InChI is InChI=1S/C20H26N6OS2/c21-23-18(28)14-5-2-6-15(12-14)19-24-25-20(29-19)22-17(27)11-13-4-1-7-16(10-13)26-8-3-9-26/h1,4,7,10,14-15H,2-3,5-6,8-9,11-12,21H2,(H,23,28)(H,22,25,27)/t14-,15-/m0/s1. The van der Waals surface area contributed by atoms with E-state index in [9.17, 15) is 4.79 Å². The lowest BCUT2D eigenvalue weighted by Crippen LogP contribution is -2.36. The molecule has 4 rings (SSSR count). The average molecular weight is 431 g/mol. The Morgan fingerprint density at radius 2 is 2.17 bits per heavy atom. The van der Waals surface area contributed by atoms with Crippen LogP contribution in [-0.4, -0.2) is 34.2 Å². The number of hydrogen-bond acceptors (Lipinski definition) is 7. The van der Waals surface area contributed by atoms with Crippen LogP contribution in [0.3, 0.4) is 0 Å². The van der Waals surface area contributed by atoms with Gasteiger partial charge in [0.05, 0.1) is 11.5 Å². The quantitative estimate of drug-likeness (QED) is 0.215. The highest BCUT2D eigenvalue weighted by Crippen LogP contribution is 2.39. The molecule has 1 aromatic heterocycles. The summed E-state index contributed by atoms with van der Waals surface area (Å²) in [6.45, 7) is 2.19. The Kier molecular flexibility index (Phi) is 6.34. The van der Waals surface area contributed by atoms with Gasteiger partial charge in [-0.2, -0.15) is 5.10 Å². The molecule has 3 N–H and O–H groups in total. The van der Waals surface area contributed by atoms with E-state index in [4.69, 9.17) is 5.84 Å². The molecule has 0 spiro atoms. The summed E-state index contributed by atoms with van der Waals surface area (Å²) in [6, 6.07) is 8.20. The van der Waals surface area contributed by atoms with Crippen LogP contribution in [0.1, 0.15) is 48.6 Å². The third-order valence-electron chi connectivity index (χ3n) is 5.70. The van der Waals surface area contributed by atoms with Crippen molar-refractivity contribution in [3.05, 3.63) is 34.8 Å². The van der Waals surface area contributed by atoms with E-state index in [1.807, 2.05) is 12.1 Å². The maximum atomic E-state index is 12.5. The first-order valence-electron chi connectivity index (χ1n) is 10.1. The molecule has 2 heterocycles. The van der Waals surface area contributed by atoms with Crippen molar-refractivity contribution in [2.75, 3.05) is 23.3 Å². The van der Waals surface area contributed by atoms with Crippen LogP contribution in [0.4, 0.5) is 10.8 Å². The number of hydrogen-bond donors (Lipinski definition) is 3.